The number of carbonyl (C=O) groups is 3. The Morgan fingerprint density at radius 2 is 1.93 bits per heavy atom. The monoisotopic (exact) mass is 643 g/mol. The molecule has 1 aromatic carbocycles. The van der Waals surface area contributed by atoms with Crippen LogP contribution in [0.4, 0.5) is 9.18 Å². The van der Waals surface area contributed by atoms with Crippen LogP contribution in [0.1, 0.15) is 38.4 Å². The molecule has 2 aromatic heterocycles. The van der Waals surface area contributed by atoms with Gasteiger partial charge in [-0.2, -0.15) is 4.39 Å². The van der Waals surface area contributed by atoms with Crippen LogP contribution in [-0.4, -0.2) is 52.0 Å². The number of halogens is 2. The standard InChI is InChI=1S/C30H31ClFN5O6S/c1-30(2,3)43-29(40)37-14-12-21(25(28(37)39)27(38)36-44-23-9-6-8-20(31)26(23)41-4)34-15-18-11-13-33-16-22(18)42-17-19-7-5-10-24(32)35-19/h5-11,13,16,34H,12,14-15,17H2,1-4H3,(H,36,38). The average molecular weight is 644 g/mol. The van der Waals surface area contributed by atoms with Gasteiger partial charge in [0, 0.05) is 37.0 Å². The van der Waals surface area contributed by atoms with Crippen LogP contribution in [0.15, 0.2) is 71.0 Å². The van der Waals surface area contributed by atoms with Gasteiger partial charge in [-0.25, -0.2) is 14.7 Å². The summed E-state index contributed by atoms with van der Waals surface area (Å²) in [5.74, 6) is -1.41. The molecule has 3 amide bonds. The van der Waals surface area contributed by atoms with Crippen molar-refractivity contribution in [3.8, 4) is 11.5 Å². The highest BCUT2D eigenvalue weighted by Gasteiger charge is 2.37. The highest BCUT2D eigenvalue weighted by molar-refractivity contribution is 7.98. The smallest absolute Gasteiger partial charge is 0.417 e. The number of amides is 3. The summed E-state index contributed by atoms with van der Waals surface area (Å²) in [6.45, 7) is 5.19. The van der Waals surface area contributed by atoms with Crippen molar-refractivity contribution in [3.05, 3.63) is 88.4 Å². The van der Waals surface area contributed by atoms with Gasteiger partial charge in [-0.1, -0.05) is 23.7 Å². The molecule has 0 atom stereocenters. The normalized spacial score (nSPS) is 13.4. The molecule has 0 spiro atoms. The van der Waals surface area contributed by atoms with Crippen LogP contribution in [-0.2, 0) is 27.5 Å². The number of pyridine rings is 2. The fourth-order valence-electron chi connectivity index (χ4n) is 4.11. The minimum atomic E-state index is -0.855. The number of carbonyl (C=O) groups excluding carboxylic acids is 3. The molecule has 4 rings (SSSR count). The summed E-state index contributed by atoms with van der Waals surface area (Å²) in [6, 6.07) is 11.2. The van der Waals surface area contributed by atoms with Gasteiger partial charge in [-0.15, -0.1) is 0 Å². The zero-order valence-corrected chi connectivity index (χ0v) is 26.1. The van der Waals surface area contributed by atoms with Gasteiger partial charge in [0.05, 0.1) is 28.9 Å². The molecule has 0 saturated carbocycles. The van der Waals surface area contributed by atoms with Crippen molar-refractivity contribution in [2.75, 3.05) is 13.7 Å². The summed E-state index contributed by atoms with van der Waals surface area (Å²) >= 11 is 7.12. The van der Waals surface area contributed by atoms with E-state index in [1.165, 1.54) is 25.4 Å². The molecular weight excluding hydrogens is 613 g/mol. The topological polar surface area (TPSA) is 132 Å². The highest BCUT2D eigenvalue weighted by atomic mass is 35.5. The molecule has 3 aromatic rings. The Kier molecular flexibility index (Phi) is 10.7. The number of hydrogen-bond acceptors (Lipinski definition) is 10. The van der Waals surface area contributed by atoms with Crippen molar-refractivity contribution in [1.29, 1.82) is 0 Å². The van der Waals surface area contributed by atoms with Gasteiger partial charge in [0.15, 0.2) is 5.75 Å². The van der Waals surface area contributed by atoms with E-state index in [2.05, 4.69) is 20.0 Å². The Balaban J connectivity index is 1.57. The molecule has 232 valence electrons. The first-order valence-corrected chi connectivity index (χ1v) is 14.6. The number of para-hydroxylation sites is 1. The fraction of sp³-hybridized carbons (Fsp3) is 0.300. The lowest BCUT2D eigenvalue weighted by molar-refractivity contribution is -0.130. The highest BCUT2D eigenvalue weighted by Crippen LogP contribution is 2.34. The molecular formula is C30H31ClFN5O6S. The Morgan fingerprint density at radius 1 is 1.16 bits per heavy atom. The largest absolute Gasteiger partial charge is 0.494 e. The summed E-state index contributed by atoms with van der Waals surface area (Å²) in [4.78, 5) is 49.3. The minimum Gasteiger partial charge on any atom is -0.494 e. The predicted molar refractivity (Wildman–Crippen MR) is 161 cm³/mol. The van der Waals surface area contributed by atoms with Crippen molar-refractivity contribution in [3.63, 3.8) is 0 Å². The van der Waals surface area contributed by atoms with Gasteiger partial charge in [0.1, 0.15) is 23.5 Å². The number of rotatable bonds is 10. The second-order valence-electron chi connectivity index (χ2n) is 10.4. The van der Waals surface area contributed by atoms with Crippen LogP contribution in [0.5, 0.6) is 11.5 Å². The number of ether oxygens (including phenoxy) is 3. The van der Waals surface area contributed by atoms with E-state index in [-0.39, 0.29) is 31.7 Å². The van der Waals surface area contributed by atoms with Crippen molar-refractivity contribution in [1.82, 2.24) is 24.9 Å². The van der Waals surface area contributed by atoms with Gasteiger partial charge in [0.25, 0.3) is 11.8 Å². The van der Waals surface area contributed by atoms with Crippen molar-refractivity contribution < 1.29 is 33.0 Å². The molecule has 14 heteroatoms. The Labute approximate surface area is 263 Å². The van der Waals surface area contributed by atoms with Gasteiger partial charge in [-0.3, -0.25) is 19.3 Å². The van der Waals surface area contributed by atoms with E-state index in [4.69, 9.17) is 25.8 Å². The second kappa shape index (κ2) is 14.4. The van der Waals surface area contributed by atoms with E-state index in [9.17, 15) is 18.8 Å². The van der Waals surface area contributed by atoms with E-state index in [0.29, 0.717) is 38.4 Å². The molecule has 44 heavy (non-hydrogen) atoms. The average Bonchev–Trinajstić information content (AvgIpc) is 2.97. The molecule has 1 aliphatic heterocycles. The van der Waals surface area contributed by atoms with Crippen LogP contribution in [0.25, 0.3) is 0 Å². The Morgan fingerprint density at radius 3 is 2.66 bits per heavy atom. The van der Waals surface area contributed by atoms with Crippen LogP contribution in [0.3, 0.4) is 0 Å². The number of hydrogen-bond donors (Lipinski definition) is 2. The summed E-state index contributed by atoms with van der Waals surface area (Å²) < 4.78 is 32.7. The zero-order chi connectivity index (χ0) is 31.9. The van der Waals surface area contributed by atoms with Crippen molar-refractivity contribution in [2.45, 2.75) is 50.8 Å². The van der Waals surface area contributed by atoms with E-state index in [1.54, 1.807) is 57.3 Å². The summed E-state index contributed by atoms with van der Waals surface area (Å²) in [5, 5.41) is 3.51. The summed E-state index contributed by atoms with van der Waals surface area (Å²) in [5.41, 5.74) is 0.267. The molecule has 0 radical (unpaired) electrons. The van der Waals surface area contributed by atoms with Gasteiger partial charge in [0.2, 0.25) is 5.95 Å². The summed E-state index contributed by atoms with van der Waals surface area (Å²) in [7, 11) is 1.45. The SMILES string of the molecule is COc1c(Cl)cccc1SNC(=O)C1=C(NCc2ccncc2OCc2cccc(F)n2)CCN(C(=O)OC(C)(C)C)C1=O. The maximum absolute atomic E-state index is 13.6. The van der Waals surface area contributed by atoms with Crippen molar-refractivity contribution in [2.24, 2.45) is 0 Å². The lowest BCUT2D eigenvalue weighted by atomic mass is 10.0. The number of imide groups is 1. The van der Waals surface area contributed by atoms with Crippen LogP contribution >= 0.6 is 23.5 Å². The van der Waals surface area contributed by atoms with Crippen LogP contribution in [0.2, 0.25) is 5.02 Å². The number of methoxy groups -OCH3 is 1. The first kappa shape index (κ1) is 32.6. The Hall–Kier alpha value is -4.36. The number of nitrogens with one attached hydrogen (secondary N) is 2. The maximum Gasteiger partial charge on any atom is 0.417 e. The van der Waals surface area contributed by atoms with Crippen LogP contribution in [0, 0.1) is 5.95 Å². The quantitative estimate of drug-likeness (QED) is 0.173. The van der Waals surface area contributed by atoms with E-state index >= 15 is 0 Å². The number of benzene rings is 1. The Bertz CT molecular complexity index is 1580. The summed E-state index contributed by atoms with van der Waals surface area (Å²) in [6.07, 6.45) is 2.38. The second-order valence-corrected chi connectivity index (χ2v) is 11.7. The van der Waals surface area contributed by atoms with Gasteiger partial charge < -0.3 is 19.5 Å². The molecule has 0 aliphatic carbocycles. The predicted octanol–water partition coefficient (Wildman–Crippen LogP) is 5.19. The lowest BCUT2D eigenvalue weighted by Crippen LogP contribution is -2.48. The van der Waals surface area contributed by atoms with E-state index in [1.807, 2.05) is 0 Å². The minimum absolute atomic E-state index is 0.000325. The van der Waals surface area contributed by atoms with E-state index < -0.39 is 29.5 Å². The molecule has 1 aliphatic rings. The molecule has 0 saturated heterocycles. The molecule has 2 N–H and O–H groups in total. The first-order valence-electron chi connectivity index (χ1n) is 13.5. The molecule has 3 heterocycles. The number of aromatic nitrogens is 2. The molecule has 0 fully saturated rings. The maximum atomic E-state index is 13.6. The van der Waals surface area contributed by atoms with Crippen LogP contribution < -0.4 is 19.5 Å². The van der Waals surface area contributed by atoms with Crippen molar-refractivity contribution >= 4 is 41.5 Å². The van der Waals surface area contributed by atoms with Gasteiger partial charge >= 0.3 is 6.09 Å². The fourth-order valence-corrected chi connectivity index (χ4v) is 5.15. The third-order valence-electron chi connectivity index (χ3n) is 6.09. The van der Waals surface area contributed by atoms with Gasteiger partial charge in [-0.05, 0) is 63.1 Å². The first-order chi connectivity index (χ1) is 21.0. The molecule has 11 nitrogen and oxygen atoms in total. The number of nitrogens with zero attached hydrogens (tertiary/aromatic N) is 3. The zero-order valence-electron chi connectivity index (χ0n) is 24.5. The third kappa shape index (κ3) is 8.38. The lowest BCUT2D eigenvalue weighted by Gasteiger charge is -2.31. The molecule has 0 unspecified atom stereocenters. The molecule has 0 bridgehead atoms. The van der Waals surface area contributed by atoms with E-state index in [0.717, 1.165) is 16.8 Å². The third-order valence-corrected chi connectivity index (χ3v) is 7.21.